The quantitative estimate of drug-likeness (QED) is 0.570. The van der Waals surface area contributed by atoms with E-state index in [-0.39, 0.29) is 12.7 Å². The van der Waals surface area contributed by atoms with Gasteiger partial charge in [0.25, 0.3) is 5.91 Å². The van der Waals surface area contributed by atoms with Crippen LogP contribution in [0, 0.1) is 0 Å². The van der Waals surface area contributed by atoms with E-state index in [4.69, 9.17) is 21.7 Å². The molecule has 1 aromatic rings. The third-order valence-corrected chi connectivity index (χ3v) is 4.94. The number of rotatable bonds is 1. The van der Waals surface area contributed by atoms with Crippen LogP contribution in [-0.2, 0) is 4.79 Å². The van der Waals surface area contributed by atoms with Crippen LogP contribution in [0.25, 0.3) is 6.08 Å². The lowest BCUT2D eigenvalue weighted by Crippen LogP contribution is -2.22. The standard InChI is InChI=1S/C12H8BrNO3S2/c1-14-11(15)10(19-12(14)18)3-6-2-8-9(4-7(6)13)17-5-16-8/h2-4H,5H2,1H3. The Bertz CT molecular complexity index is 630. The summed E-state index contributed by atoms with van der Waals surface area (Å²) in [5, 5.41) is 0. The van der Waals surface area contributed by atoms with Gasteiger partial charge in [-0.1, -0.05) is 39.9 Å². The predicted octanol–water partition coefficient (Wildman–Crippen LogP) is 3.01. The van der Waals surface area contributed by atoms with Crippen molar-refractivity contribution < 1.29 is 14.3 Å². The Hall–Kier alpha value is -1.05. The molecule has 19 heavy (non-hydrogen) atoms. The fourth-order valence-electron chi connectivity index (χ4n) is 1.73. The number of amides is 1. The number of thioether (sulfide) groups is 1. The number of nitrogens with zero attached hydrogens (tertiary/aromatic N) is 1. The van der Waals surface area contributed by atoms with E-state index in [0.29, 0.717) is 20.7 Å². The van der Waals surface area contributed by atoms with Gasteiger partial charge in [0.05, 0.1) is 4.91 Å². The second-order valence-corrected chi connectivity index (χ2v) is 6.50. The smallest absolute Gasteiger partial charge is 0.265 e. The number of carbonyl (C=O) groups is 1. The SMILES string of the molecule is CN1C(=O)C(=Cc2cc3c(cc2Br)OCO3)SC1=S. The average Bonchev–Trinajstić information content (AvgIpc) is 2.91. The van der Waals surface area contributed by atoms with Crippen molar-refractivity contribution in [1.82, 2.24) is 4.90 Å². The number of hydrogen-bond acceptors (Lipinski definition) is 5. The van der Waals surface area contributed by atoms with Gasteiger partial charge in [-0.3, -0.25) is 9.69 Å². The predicted molar refractivity (Wildman–Crippen MR) is 81.2 cm³/mol. The number of fused-ring (bicyclic) bond motifs is 1. The highest BCUT2D eigenvalue weighted by Crippen LogP contribution is 2.39. The van der Waals surface area contributed by atoms with E-state index in [9.17, 15) is 4.79 Å². The third-order valence-electron chi connectivity index (χ3n) is 2.77. The minimum absolute atomic E-state index is 0.0837. The van der Waals surface area contributed by atoms with E-state index in [1.165, 1.54) is 16.7 Å². The van der Waals surface area contributed by atoms with Crippen LogP contribution in [0.1, 0.15) is 5.56 Å². The van der Waals surface area contributed by atoms with Crippen LogP contribution in [0.2, 0.25) is 0 Å². The Labute approximate surface area is 127 Å². The molecule has 0 radical (unpaired) electrons. The molecule has 0 aromatic heterocycles. The molecule has 0 spiro atoms. The Kier molecular flexibility index (Phi) is 3.28. The van der Waals surface area contributed by atoms with Crippen molar-refractivity contribution in [2.24, 2.45) is 0 Å². The molecule has 2 aliphatic rings. The molecule has 2 heterocycles. The Morgan fingerprint density at radius 3 is 2.74 bits per heavy atom. The maximum absolute atomic E-state index is 11.9. The Balaban J connectivity index is 2.00. The molecule has 98 valence electrons. The molecular weight excluding hydrogens is 350 g/mol. The molecule has 0 atom stereocenters. The summed E-state index contributed by atoms with van der Waals surface area (Å²) in [6.45, 7) is 0.225. The summed E-state index contributed by atoms with van der Waals surface area (Å²) < 4.78 is 12.0. The zero-order chi connectivity index (χ0) is 13.6. The van der Waals surface area contributed by atoms with E-state index in [2.05, 4.69) is 15.9 Å². The molecular formula is C12H8BrNO3S2. The largest absolute Gasteiger partial charge is 0.454 e. The van der Waals surface area contributed by atoms with Gasteiger partial charge in [0.1, 0.15) is 4.32 Å². The lowest BCUT2D eigenvalue weighted by Gasteiger charge is -2.04. The van der Waals surface area contributed by atoms with Crippen molar-refractivity contribution in [3.8, 4) is 11.5 Å². The van der Waals surface area contributed by atoms with E-state index in [0.717, 1.165) is 10.0 Å². The third kappa shape index (κ3) is 2.26. The number of benzene rings is 1. The molecule has 4 nitrogen and oxygen atoms in total. The van der Waals surface area contributed by atoms with Gasteiger partial charge in [0.15, 0.2) is 11.5 Å². The van der Waals surface area contributed by atoms with Gasteiger partial charge in [-0.05, 0) is 23.8 Å². The monoisotopic (exact) mass is 357 g/mol. The first-order valence-corrected chi connectivity index (χ1v) is 7.39. The second-order valence-electron chi connectivity index (χ2n) is 3.97. The summed E-state index contributed by atoms with van der Waals surface area (Å²) >= 11 is 9.85. The molecule has 2 aliphatic heterocycles. The first-order chi connectivity index (χ1) is 9.06. The minimum Gasteiger partial charge on any atom is -0.454 e. The van der Waals surface area contributed by atoms with Crippen LogP contribution in [0.4, 0.5) is 0 Å². The van der Waals surface area contributed by atoms with E-state index in [1.807, 2.05) is 12.1 Å². The van der Waals surface area contributed by atoms with Crippen molar-refractivity contribution in [3.63, 3.8) is 0 Å². The highest BCUT2D eigenvalue weighted by atomic mass is 79.9. The van der Waals surface area contributed by atoms with Crippen molar-refractivity contribution in [3.05, 3.63) is 27.1 Å². The minimum atomic E-state index is -0.0837. The summed E-state index contributed by atoms with van der Waals surface area (Å²) in [6.07, 6.45) is 1.80. The topological polar surface area (TPSA) is 38.8 Å². The number of hydrogen-bond donors (Lipinski definition) is 0. The summed E-state index contributed by atoms with van der Waals surface area (Å²) in [5.41, 5.74) is 0.859. The first kappa shape index (κ1) is 13.0. The highest BCUT2D eigenvalue weighted by Gasteiger charge is 2.29. The fraction of sp³-hybridized carbons (Fsp3) is 0.167. The molecule has 3 rings (SSSR count). The van der Waals surface area contributed by atoms with Crippen molar-refractivity contribution in [2.45, 2.75) is 0 Å². The van der Waals surface area contributed by atoms with Crippen LogP contribution >= 0.6 is 39.9 Å². The Morgan fingerprint density at radius 2 is 2.11 bits per heavy atom. The molecule has 1 saturated heterocycles. The average molecular weight is 358 g/mol. The Morgan fingerprint density at radius 1 is 1.42 bits per heavy atom. The van der Waals surface area contributed by atoms with Gasteiger partial charge < -0.3 is 9.47 Å². The van der Waals surface area contributed by atoms with E-state index in [1.54, 1.807) is 13.1 Å². The number of likely N-dealkylation sites (N-methyl/N-ethyl adjacent to an activating group) is 1. The van der Waals surface area contributed by atoms with Crippen molar-refractivity contribution in [1.29, 1.82) is 0 Å². The van der Waals surface area contributed by atoms with Gasteiger partial charge in [0, 0.05) is 11.5 Å². The summed E-state index contributed by atoms with van der Waals surface area (Å²) in [5.74, 6) is 1.30. The maximum Gasteiger partial charge on any atom is 0.265 e. The molecule has 7 heteroatoms. The summed E-state index contributed by atoms with van der Waals surface area (Å²) in [4.78, 5) is 14.0. The first-order valence-electron chi connectivity index (χ1n) is 5.37. The van der Waals surface area contributed by atoms with E-state index >= 15 is 0 Å². The fourth-order valence-corrected chi connectivity index (χ4v) is 3.34. The van der Waals surface area contributed by atoms with Crippen LogP contribution in [-0.4, -0.2) is 29.0 Å². The van der Waals surface area contributed by atoms with Gasteiger partial charge in [0.2, 0.25) is 6.79 Å². The number of carbonyl (C=O) groups excluding carboxylic acids is 1. The van der Waals surface area contributed by atoms with Crippen molar-refractivity contribution in [2.75, 3.05) is 13.8 Å². The molecule has 0 N–H and O–H groups in total. The van der Waals surface area contributed by atoms with Gasteiger partial charge in [-0.25, -0.2) is 0 Å². The molecule has 0 bridgehead atoms. The second kappa shape index (κ2) is 4.81. The molecule has 1 amide bonds. The van der Waals surface area contributed by atoms with Crippen LogP contribution in [0.3, 0.4) is 0 Å². The van der Waals surface area contributed by atoms with Crippen LogP contribution in [0.5, 0.6) is 11.5 Å². The van der Waals surface area contributed by atoms with E-state index < -0.39 is 0 Å². The number of halogens is 1. The zero-order valence-electron chi connectivity index (χ0n) is 9.81. The lowest BCUT2D eigenvalue weighted by atomic mass is 10.2. The van der Waals surface area contributed by atoms with Gasteiger partial charge >= 0.3 is 0 Å². The molecule has 1 fully saturated rings. The van der Waals surface area contributed by atoms with Crippen LogP contribution < -0.4 is 9.47 Å². The highest BCUT2D eigenvalue weighted by molar-refractivity contribution is 9.10. The van der Waals surface area contributed by atoms with Gasteiger partial charge in [-0.2, -0.15) is 0 Å². The van der Waals surface area contributed by atoms with Crippen LogP contribution in [0.15, 0.2) is 21.5 Å². The molecule has 0 saturated carbocycles. The molecule has 1 aromatic carbocycles. The maximum atomic E-state index is 11.9. The lowest BCUT2D eigenvalue weighted by molar-refractivity contribution is -0.121. The molecule has 0 aliphatic carbocycles. The number of thiocarbonyl (C=S) groups is 1. The molecule has 0 unspecified atom stereocenters. The zero-order valence-corrected chi connectivity index (χ0v) is 13.0. The summed E-state index contributed by atoms with van der Waals surface area (Å²) in [7, 11) is 1.67. The number of ether oxygens (including phenoxy) is 2. The van der Waals surface area contributed by atoms with Gasteiger partial charge in [-0.15, -0.1) is 0 Å². The van der Waals surface area contributed by atoms with Crippen molar-refractivity contribution >= 4 is 56.2 Å². The normalized spacial score (nSPS) is 19.7. The summed E-state index contributed by atoms with van der Waals surface area (Å²) in [6, 6.07) is 3.68.